The van der Waals surface area contributed by atoms with Gasteiger partial charge >= 0.3 is 0 Å². The molecule has 2 heteroatoms. The summed E-state index contributed by atoms with van der Waals surface area (Å²) in [6.07, 6.45) is 0. The Morgan fingerprint density at radius 3 is 1.11 bits per heavy atom. The first-order valence-corrected chi connectivity index (χ1v) is 21.3. The van der Waals surface area contributed by atoms with Crippen molar-refractivity contribution in [3.63, 3.8) is 0 Å². The van der Waals surface area contributed by atoms with E-state index in [0.717, 1.165) is 22.7 Å². The maximum atomic E-state index is 2.44. The van der Waals surface area contributed by atoms with Crippen molar-refractivity contribution in [1.29, 1.82) is 0 Å². The quantitative estimate of drug-likeness (QED) is 0.146. The topological polar surface area (TPSA) is 8.17 Å². The summed E-state index contributed by atoms with van der Waals surface area (Å²) in [5.74, 6) is 0. The van der Waals surface area contributed by atoms with Gasteiger partial charge in [-0.25, -0.2) is 0 Å². The highest BCUT2D eigenvalue weighted by Gasteiger charge is 2.17. The molecular weight excluding hydrogens is 749 g/mol. The Kier molecular flexibility index (Phi) is 8.53. The van der Waals surface area contributed by atoms with Crippen LogP contribution in [0.15, 0.2) is 243 Å². The van der Waals surface area contributed by atoms with Crippen molar-refractivity contribution in [3.05, 3.63) is 243 Å². The van der Waals surface area contributed by atoms with Crippen LogP contribution in [-0.2, 0) is 0 Å². The Morgan fingerprint density at radius 2 is 0.597 bits per heavy atom. The molecule has 0 atom stereocenters. The highest BCUT2D eigenvalue weighted by atomic mass is 15.1. The summed E-state index contributed by atoms with van der Waals surface area (Å²) < 4.78 is 2.44. The lowest BCUT2D eigenvalue weighted by Crippen LogP contribution is -2.09. The molecule has 0 saturated heterocycles. The van der Waals surface area contributed by atoms with E-state index in [9.17, 15) is 0 Å². The zero-order valence-corrected chi connectivity index (χ0v) is 34.0. The zero-order chi connectivity index (χ0) is 41.0. The van der Waals surface area contributed by atoms with Crippen LogP contribution in [0.1, 0.15) is 0 Å². The van der Waals surface area contributed by atoms with Gasteiger partial charge in [0.1, 0.15) is 0 Å². The first-order chi connectivity index (χ1) is 30.7. The number of nitrogens with zero attached hydrogens (tertiary/aromatic N) is 2. The average Bonchev–Trinajstić information content (AvgIpc) is 3.69. The molecule has 0 radical (unpaired) electrons. The Bertz CT molecular complexity index is 3470. The van der Waals surface area contributed by atoms with Crippen molar-refractivity contribution in [2.24, 2.45) is 0 Å². The zero-order valence-electron chi connectivity index (χ0n) is 34.0. The molecule has 12 rings (SSSR count). The monoisotopic (exact) mass is 788 g/mol. The summed E-state index contributed by atoms with van der Waals surface area (Å²) >= 11 is 0. The lowest BCUT2D eigenvalue weighted by atomic mass is 9.94. The molecule has 12 aromatic rings. The first-order valence-electron chi connectivity index (χ1n) is 21.3. The van der Waals surface area contributed by atoms with E-state index in [1.807, 2.05) is 0 Å². The second-order valence-electron chi connectivity index (χ2n) is 16.1. The Labute approximate surface area is 360 Å². The van der Waals surface area contributed by atoms with Gasteiger partial charge in [-0.05, 0) is 132 Å². The third-order valence-corrected chi connectivity index (χ3v) is 12.6. The molecule has 1 heterocycles. The van der Waals surface area contributed by atoms with Crippen LogP contribution >= 0.6 is 0 Å². The smallest absolute Gasteiger partial charge is 0.0541 e. The molecule has 11 aromatic carbocycles. The SMILES string of the molecule is c1ccc(-c2ccc(N(c3ccc(-c4ccccc4)cc3)c3ccc(-c4ccc5c(c4)c4ccccc4n5-c4ccc5c6ccccc6c6ccccc6c5c4)cc3)cc2)cc1. The number of benzene rings is 11. The lowest BCUT2D eigenvalue weighted by Gasteiger charge is -2.26. The number of para-hydroxylation sites is 1. The van der Waals surface area contributed by atoms with Gasteiger partial charge in [-0.2, -0.15) is 0 Å². The predicted octanol–water partition coefficient (Wildman–Crippen LogP) is 16.7. The van der Waals surface area contributed by atoms with Crippen molar-refractivity contribution in [2.75, 3.05) is 4.90 Å². The van der Waals surface area contributed by atoms with Gasteiger partial charge in [0.25, 0.3) is 0 Å². The van der Waals surface area contributed by atoms with Gasteiger partial charge in [-0.15, -0.1) is 0 Å². The minimum atomic E-state index is 1.10. The summed E-state index contributed by atoms with van der Waals surface area (Å²) in [5.41, 5.74) is 14.0. The van der Waals surface area contributed by atoms with Gasteiger partial charge in [0.15, 0.2) is 0 Å². The van der Waals surface area contributed by atoms with Gasteiger partial charge in [-0.3, -0.25) is 0 Å². The number of hydrogen-bond acceptors (Lipinski definition) is 1. The molecule has 0 aliphatic heterocycles. The Morgan fingerprint density at radius 1 is 0.226 bits per heavy atom. The van der Waals surface area contributed by atoms with E-state index in [1.54, 1.807) is 0 Å². The van der Waals surface area contributed by atoms with Crippen molar-refractivity contribution < 1.29 is 0 Å². The van der Waals surface area contributed by atoms with Gasteiger partial charge in [-0.1, -0.05) is 176 Å². The highest BCUT2D eigenvalue weighted by Crippen LogP contribution is 2.41. The Balaban J connectivity index is 0.938. The maximum Gasteiger partial charge on any atom is 0.0541 e. The van der Waals surface area contributed by atoms with Crippen LogP contribution in [0.4, 0.5) is 17.1 Å². The van der Waals surface area contributed by atoms with E-state index in [1.165, 1.54) is 87.5 Å². The van der Waals surface area contributed by atoms with Crippen molar-refractivity contribution in [2.45, 2.75) is 0 Å². The summed E-state index contributed by atoms with van der Waals surface area (Å²) in [4.78, 5) is 2.35. The fourth-order valence-electron chi connectivity index (χ4n) is 9.58. The molecule has 0 saturated carbocycles. The molecule has 0 bridgehead atoms. The summed E-state index contributed by atoms with van der Waals surface area (Å²) in [6, 6.07) is 88.3. The van der Waals surface area contributed by atoms with E-state index in [0.29, 0.717) is 0 Å². The summed E-state index contributed by atoms with van der Waals surface area (Å²) in [6.45, 7) is 0. The van der Waals surface area contributed by atoms with Gasteiger partial charge < -0.3 is 9.47 Å². The Hall–Kier alpha value is -8.20. The average molecular weight is 789 g/mol. The van der Waals surface area contributed by atoms with E-state index in [4.69, 9.17) is 0 Å². The number of anilines is 3. The molecule has 0 fully saturated rings. The molecule has 290 valence electrons. The fraction of sp³-hybridized carbons (Fsp3) is 0. The second-order valence-corrected chi connectivity index (χ2v) is 16.1. The van der Waals surface area contributed by atoms with Crippen molar-refractivity contribution in [3.8, 4) is 39.1 Å². The van der Waals surface area contributed by atoms with Gasteiger partial charge in [0.2, 0.25) is 0 Å². The molecule has 62 heavy (non-hydrogen) atoms. The number of fused-ring (bicyclic) bond motifs is 9. The predicted molar refractivity (Wildman–Crippen MR) is 264 cm³/mol. The molecule has 0 amide bonds. The van der Waals surface area contributed by atoms with Crippen molar-refractivity contribution in [1.82, 2.24) is 4.57 Å². The van der Waals surface area contributed by atoms with Crippen LogP contribution in [0.2, 0.25) is 0 Å². The molecule has 0 aliphatic rings. The minimum Gasteiger partial charge on any atom is -0.311 e. The molecule has 1 aromatic heterocycles. The largest absolute Gasteiger partial charge is 0.311 e. The normalized spacial score (nSPS) is 11.5. The number of aromatic nitrogens is 1. The number of rotatable bonds is 7. The van der Waals surface area contributed by atoms with E-state index < -0.39 is 0 Å². The van der Waals surface area contributed by atoms with Crippen LogP contribution in [-0.4, -0.2) is 4.57 Å². The molecule has 0 N–H and O–H groups in total. The van der Waals surface area contributed by atoms with Crippen molar-refractivity contribution >= 4 is 71.2 Å². The summed E-state index contributed by atoms with van der Waals surface area (Å²) in [7, 11) is 0. The highest BCUT2D eigenvalue weighted by molar-refractivity contribution is 6.25. The standard InChI is InChI=1S/C60H40N2/c1-3-13-41(14-4-1)43-23-30-47(31-24-43)61(48-32-25-44(26-33-48)42-15-5-2-6-16-42)49-34-27-45(28-35-49)46-29-38-60-58(39-46)56-21-11-12-22-59(56)62(60)50-36-37-55-53-19-8-7-17-51(53)52-18-9-10-20-54(52)57(55)40-50/h1-40H. The lowest BCUT2D eigenvalue weighted by molar-refractivity contribution is 1.19. The molecular formula is C60H40N2. The van der Waals surface area contributed by atoms with Crippen LogP contribution in [0, 0.1) is 0 Å². The van der Waals surface area contributed by atoms with E-state index in [-0.39, 0.29) is 0 Å². The minimum absolute atomic E-state index is 1.10. The fourth-order valence-corrected chi connectivity index (χ4v) is 9.58. The van der Waals surface area contributed by atoms with Crippen LogP contribution < -0.4 is 4.90 Å². The maximum absolute atomic E-state index is 2.44. The third-order valence-electron chi connectivity index (χ3n) is 12.6. The molecule has 0 aliphatic carbocycles. The molecule has 0 spiro atoms. The first kappa shape index (κ1) is 35.7. The number of hydrogen-bond donors (Lipinski definition) is 0. The second kappa shape index (κ2) is 14.8. The third kappa shape index (κ3) is 6.04. The molecule has 0 unspecified atom stereocenters. The molecule has 2 nitrogen and oxygen atoms in total. The van der Waals surface area contributed by atoms with Crippen LogP contribution in [0.5, 0.6) is 0 Å². The van der Waals surface area contributed by atoms with Gasteiger partial charge in [0, 0.05) is 33.5 Å². The summed E-state index contributed by atoms with van der Waals surface area (Å²) in [5, 5.41) is 10.2. The van der Waals surface area contributed by atoms with Crippen LogP contribution in [0.3, 0.4) is 0 Å². The van der Waals surface area contributed by atoms with Crippen LogP contribution in [0.25, 0.3) is 93.2 Å². The van der Waals surface area contributed by atoms with E-state index >= 15 is 0 Å². The van der Waals surface area contributed by atoms with Gasteiger partial charge in [0.05, 0.1) is 11.0 Å². The van der Waals surface area contributed by atoms with E-state index in [2.05, 4.69) is 252 Å².